The first-order chi connectivity index (χ1) is 6.97. The molecule has 3 amide bonds. The van der Waals surface area contributed by atoms with Gasteiger partial charge in [0.15, 0.2) is 0 Å². The minimum absolute atomic E-state index is 0.168. The van der Waals surface area contributed by atoms with Crippen molar-refractivity contribution in [3.05, 3.63) is 0 Å². The van der Waals surface area contributed by atoms with Crippen molar-refractivity contribution in [2.75, 3.05) is 20.8 Å². The summed E-state index contributed by atoms with van der Waals surface area (Å²) in [5.41, 5.74) is 0. The van der Waals surface area contributed by atoms with Gasteiger partial charge in [-0.15, -0.1) is 0 Å². The second-order valence-corrected chi connectivity index (χ2v) is 5.54. The smallest absolute Gasteiger partial charge is 0.415 e. The number of alkyl carbamates (subject to hydrolysis) is 1. The Hall–Kier alpha value is -0.690. The fraction of sp³-hybridized carbons (Fsp3) is 0.667. The number of ether oxygens (including phenoxy) is 1. The third-order valence-corrected chi connectivity index (χ3v) is 3.82. The van der Waals surface area contributed by atoms with E-state index in [1.54, 1.807) is 6.92 Å². The first kappa shape index (κ1) is 14.3. The number of hydrogen-bond donors (Lipinski definition) is 2. The Balaban J connectivity index is 4.14. The lowest BCUT2D eigenvalue weighted by atomic mass is 10.8. The molecule has 0 unspecified atom stereocenters. The quantitative estimate of drug-likeness (QED) is 0.729. The van der Waals surface area contributed by atoms with E-state index in [2.05, 4.69) is 9.82 Å². The molecule has 0 radical (unpaired) electrons. The average molecular weight is 256 g/mol. The van der Waals surface area contributed by atoms with Crippen LogP contribution in [0, 0.1) is 0 Å². The van der Waals surface area contributed by atoms with Crippen molar-refractivity contribution in [1.82, 2.24) is 10.4 Å². The maximum Gasteiger partial charge on any atom is 0.415 e. The summed E-state index contributed by atoms with van der Waals surface area (Å²) < 4.78 is 14.0. The van der Waals surface area contributed by atoms with Gasteiger partial charge in [0, 0.05) is 14.2 Å². The van der Waals surface area contributed by atoms with Crippen molar-refractivity contribution in [2.45, 2.75) is 6.92 Å². The molecule has 0 aliphatic heterocycles. The minimum atomic E-state index is -2.85. The number of imide groups is 1. The van der Waals surface area contributed by atoms with E-state index in [1.165, 1.54) is 14.2 Å². The highest BCUT2D eigenvalue weighted by Crippen LogP contribution is 2.41. The molecule has 0 aliphatic rings. The van der Waals surface area contributed by atoms with Crippen LogP contribution in [0.3, 0.4) is 0 Å². The zero-order chi connectivity index (χ0) is 11.9. The van der Waals surface area contributed by atoms with Gasteiger partial charge in [-0.2, -0.15) is 0 Å². The van der Waals surface area contributed by atoms with E-state index in [4.69, 9.17) is 20.9 Å². The van der Waals surface area contributed by atoms with Crippen molar-refractivity contribution in [1.29, 1.82) is 0 Å². The van der Waals surface area contributed by atoms with Crippen LogP contribution >= 0.6 is 6.64 Å². The predicted molar refractivity (Wildman–Crippen MR) is 57.0 cm³/mol. The summed E-state index contributed by atoms with van der Waals surface area (Å²) in [5.74, 6) is 0. The summed E-state index contributed by atoms with van der Waals surface area (Å²) in [6, 6.07) is -0.819. The van der Waals surface area contributed by atoms with Crippen LogP contribution in [0.2, 0.25) is 0 Å². The molecule has 0 fully saturated rings. The van der Waals surface area contributed by atoms with Gasteiger partial charge in [-0.3, -0.25) is 5.09 Å². The monoisotopic (exact) mass is 256 g/mol. The van der Waals surface area contributed by atoms with Gasteiger partial charge in [-0.25, -0.2) is 14.9 Å². The van der Waals surface area contributed by atoms with E-state index in [0.717, 1.165) is 0 Å². The Morgan fingerprint density at radius 3 is 2.27 bits per heavy atom. The topological polar surface area (TPSA) is 85.9 Å². The Morgan fingerprint density at radius 2 is 1.87 bits per heavy atom. The summed E-state index contributed by atoms with van der Waals surface area (Å²) in [6.07, 6.45) is -0.858. The molecule has 0 bridgehead atoms. The molecule has 0 atom stereocenters. The average Bonchev–Trinajstić information content (AvgIpc) is 2.17. The Morgan fingerprint density at radius 1 is 1.33 bits per heavy atom. The fourth-order valence-corrected chi connectivity index (χ4v) is 1.46. The molecule has 0 aromatic carbocycles. The number of urea groups is 1. The maximum absolute atomic E-state index is 11.1. The van der Waals surface area contributed by atoms with E-state index >= 15 is 0 Å². The number of hydrogen-bond acceptors (Lipinski definition) is 6. The van der Waals surface area contributed by atoms with Gasteiger partial charge in [0.2, 0.25) is 0 Å². The highest BCUT2D eigenvalue weighted by atomic mass is 32.5. The van der Waals surface area contributed by atoms with Gasteiger partial charge in [-0.05, 0) is 18.7 Å². The van der Waals surface area contributed by atoms with E-state index in [-0.39, 0.29) is 6.61 Å². The van der Waals surface area contributed by atoms with Crippen molar-refractivity contribution in [3.63, 3.8) is 0 Å². The fourth-order valence-electron chi connectivity index (χ4n) is 0.578. The molecule has 2 N–H and O–H groups in total. The molecule has 0 saturated heterocycles. The standard InChI is InChI=1S/C6H13N2O5PS/c1-4-13-6(10)7-5(9)8-14(15,11-2)12-3/h4H2,1-3H3,(H2,7,8,9,10,15). The van der Waals surface area contributed by atoms with Crippen LogP contribution in [0.4, 0.5) is 9.59 Å². The van der Waals surface area contributed by atoms with Crippen molar-refractivity contribution >= 4 is 30.6 Å². The first-order valence-corrected chi connectivity index (χ1v) is 6.58. The lowest BCUT2D eigenvalue weighted by Crippen LogP contribution is -2.38. The second kappa shape index (κ2) is 6.73. The number of amides is 3. The van der Waals surface area contributed by atoms with Gasteiger partial charge >= 0.3 is 12.1 Å². The number of carbonyl (C=O) groups is 2. The Labute approximate surface area is 92.7 Å². The lowest BCUT2D eigenvalue weighted by molar-refractivity contribution is 0.153. The van der Waals surface area contributed by atoms with Crippen molar-refractivity contribution in [3.8, 4) is 0 Å². The van der Waals surface area contributed by atoms with E-state index in [9.17, 15) is 9.59 Å². The van der Waals surface area contributed by atoms with Gasteiger partial charge in [-0.1, -0.05) is 0 Å². The highest BCUT2D eigenvalue weighted by molar-refractivity contribution is 8.09. The highest BCUT2D eigenvalue weighted by Gasteiger charge is 2.20. The third kappa shape index (κ3) is 5.68. The van der Waals surface area contributed by atoms with E-state index in [1.807, 2.05) is 5.32 Å². The van der Waals surface area contributed by atoms with Crippen LogP contribution in [0.5, 0.6) is 0 Å². The van der Waals surface area contributed by atoms with Crippen LogP contribution < -0.4 is 10.4 Å². The van der Waals surface area contributed by atoms with Gasteiger partial charge in [0.25, 0.3) is 6.64 Å². The Kier molecular flexibility index (Phi) is 6.42. The van der Waals surface area contributed by atoms with Crippen LogP contribution in [-0.4, -0.2) is 33.0 Å². The molecule has 15 heavy (non-hydrogen) atoms. The zero-order valence-electron chi connectivity index (χ0n) is 8.60. The normalized spacial score (nSPS) is 10.6. The molecule has 0 aromatic heterocycles. The summed E-state index contributed by atoms with van der Waals surface area (Å²) in [6.45, 7) is -1.06. The summed E-state index contributed by atoms with van der Waals surface area (Å²) in [5, 5.41) is 4.11. The van der Waals surface area contributed by atoms with E-state index < -0.39 is 18.8 Å². The minimum Gasteiger partial charge on any atom is -0.450 e. The number of nitrogens with one attached hydrogen (secondary N) is 2. The molecule has 0 aromatic rings. The van der Waals surface area contributed by atoms with Gasteiger partial charge in [0.1, 0.15) is 0 Å². The zero-order valence-corrected chi connectivity index (χ0v) is 10.3. The number of rotatable bonds is 4. The van der Waals surface area contributed by atoms with Crippen molar-refractivity contribution < 1.29 is 23.4 Å². The number of carbonyl (C=O) groups excluding carboxylic acids is 2. The molecule has 88 valence electrons. The Bertz CT molecular complexity index is 277. The largest absolute Gasteiger partial charge is 0.450 e. The van der Waals surface area contributed by atoms with E-state index in [0.29, 0.717) is 0 Å². The predicted octanol–water partition coefficient (Wildman–Crippen LogP) is 0.959. The summed E-state index contributed by atoms with van der Waals surface area (Å²) in [4.78, 5) is 22.0. The molecule has 0 heterocycles. The third-order valence-electron chi connectivity index (χ3n) is 1.21. The first-order valence-electron chi connectivity index (χ1n) is 3.95. The molecule has 0 rings (SSSR count). The molecule has 0 spiro atoms. The lowest BCUT2D eigenvalue weighted by Gasteiger charge is -2.18. The van der Waals surface area contributed by atoms with Gasteiger partial charge in [0.05, 0.1) is 6.61 Å². The van der Waals surface area contributed by atoms with Crippen LogP contribution in [-0.2, 0) is 25.6 Å². The maximum atomic E-state index is 11.1. The van der Waals surface area contributed by atoms with Crippen LogP contribution in [0.1, 0.15) is 6.92 Å². The molecular formula is C6H13N2O5PS. The SMILES string of the molecule is CCOC(=O)NC(=O)NP(=S)(OC)OC. The summed E-state index contributed by atoms with van der Waals surface area (Å²) in [7, 11) is 2.60. The molecule has 0 saturated carbocycles. The van der Waals surface area contributed by atoms with Crippen LogP contribution in [0.25, 0.3) is 0 Å². The summed E-state index contributed by atoms with van der Waals surface area (Å²) >= 11 is 4.84. The second-order valence-electron chi connectivity index (χ2n) is 2.15. The van der Waals surface area contributed by atoms with Crippen molar-refractivity contribution in [2.24, 2.45) is 0 Å². The molecular weight excluding hydrogens is 243 g/mol. The van der Waals surface area contributed by atoms with Gasteiger partial charge < -0.3 is 13.8 Å². The van der Waals surface area contributed by atoms with Crippen LogP contribution in [0.15, 0.2) is 0 Å². The molecule has 7 nitrogen and oxygen atoms in total. The molecule has 9 heteroatoms. The molecule has 0 aliphatic carbocycles.